The van der Waals surface area contributed by atoms with Crippen LogP contribution in [0.3, 0.4) is 0 Å². The second kappa shape index (κ2) is 1.92. The summed E-state index contributed by atoms with van der Waals surface area (Å²) >= 11 is 2.03. The zero-order valence-corrected chi connectivity index (χ0v) is 5.62. The molecule has 2 fully saturated rings. The molecule has 0 saturated carbocycles. The third-order valence-corrected chi connectivity index (χ3v) is 3.05. The molecule has 0 aliphatic carbocycles. The van der Waals surface area contributed by atoms with Crippen LogP contribution in [-0.4, -0.2) is 24.2 Å². The quantitative estimate of drug-likeness (QED) is 0.486. The third kappa shape index (κ3) is 0.669. The molecule has 0 spiro atoms. The van der Waals surface area contributed by atoms with Crippen molar-refractivity contribution in [1.29, 1.82) is 0 Å². The van der Waals surface area contributed by atoms with Crippen LogP contribution in [0.2, 0.25) is 0 Å². The molecule has 2 saturated heterocycles. The first-order valence-corrected chi connectivity index (χ1v) is 4.31. The number of fused-ring (bicyclic) bond motifs is 1. The normalized spacial score (nSPS) is 45.0. The van der Waals surface area contributed by atoms with E-state index in [0.717, 1.165) is 12.5 Å². The van der Waals surface area contributed by atoms with E-state index in [1.807, 2.05) is 11.8 Å². The Morgan fingerprint density at radius 1 is 1.50 bits per heavy atom. The van der Waals surface area contributed by atoms with E-state index in [2.05, 4.69) is 0 Å². The lowest BCUT2D eigenvalue weighted by Gasteiger charge is -2.39. The van der Waals surface area contributed by atoms with E-state index in [9.17, 15) is 0 Å². The molecule has 0 aromatic rings. The van der Waals surface area contributed by atoms with Gasteiger partial charge in [0.1, 0.15) is 0 Å². The first-order chi connectivity index (χ1) is 3.97. The summed E-state index contributed by atoms with van der Waals surface area (Å²) in [5, 5.41) is 0. The zero-order chi connectivity index (χ0) is 5.40. The van der Waals surface area contributed by atoms with Crippen molar-refractivity contribution < 1.29 is 4.74 Å². The van der Waals surface area contributed by atoms with Crippen LogP contribution in [0.5, 0.6) is 0 Å². The number of ether oxygens (including phenoxy) is 1. The van der Waals surface area contributed by atoms with Gasteiger partial charge in [0.05, 0.1) is 12.7 Å². The number of thioether (sulfide) groups is 1. The summed E-state index contributed by atoms with van der Waals surface area (Å²) in [4.78, 5) is 0. The van der Waals surface area contributed by atoms with E-state index in [1.165, 1.54) is 17.9 Å². The Balaban J connectivity index is 1.92. The molecule has 0 N–H and O–H groups in total. The fourth-order valence-corrected chi connectivity index (χ4v) is 2.49. The Morgan fingerprint density at radius 2 is 2.50 bits per heavy atom. The van der Waals surface area contributed by atoms with Gasteiger partial charge in [0, 0.05) is 11.7 Å². The summed E-state index contributed by atoms with van der Waals surface area (Å²) in [6.07, 6.45) is 2.05. The SMILES string of the molecule is C1CC2COC2CS1. The number of rotatable bonds is 0. The highest BCUT2D eigenvalue weighted by Crippen LogP contribution is 2.32. The van der Waals surface area contributed by atoms with Gasteiger partial charge in [-0.1, -0.05) is 0 Å². The third-order valence-electron chi connectivity index (χ3n) is 1.97. The molecular formula is C6H10OS. The number of hydrogen-bond donors (Lipinski definition) is 0. The lowest BCUT2D eigenvalue weighted by atomic mass is 9.96. The number of hydrogen-bond acceptors (Lipinski definition) is 2. The first-order valence-electron chi connectivity index (χ1n) is 3.16. The maximum absolute atomic E-state index is 5.31. The monoisotopic (exact) mass is 130 g/mol. The molecule has 2 atom stereocenters. The topological polar surface area (TPSA) is 9.23 Å². The molecule has 46 valence electrons. The van der Waals surface area contributed by atoms with Crippen molar-refractivity contribution >= 4 is 11.8 Å². The Morgan fingerprint density at radius 3 is 2.88 bits per heavy atom. The highest BCUT2D eigenvalue weighted by atomic mass is 32.2. The van der Waals surface area contributed by atoms with Crippen LogP contribution in [0.25, 0.3) is 0 Å². The summed E-state index contributed by atoms with van der Waals surface area (Å²) < 4.78 is 5.31. The van der Waals surface area contributed by atoms with Crippen LogP contribution in [0.15, 0.2) is 0 Å². The molecule has 8 heavy (non-hydrogen) atoms. The van der Waals surface area contributed by atoms with Crippen molar-refractivity contribution in [2.24, 2.45) is 5.92 Å². The summed E-state index contributed by atoms with van der Waals surface area (Å²) in [5.74, 6) is 3.56. The Kier molecular flexibility index (Phi) is 1.23. The molecule has 2 aliphatic rings. The molecule has 1 nitrogen and oxygen atoms in total. The van der Waals surface area contributed by atoms with E-state index in [4.69, 9.17) is 4.74 Å². The van der Waals surface area contributed by atoms with Crippen LogP contribution in [0.1, 0.15) is 6.42 Å². The van der Waals surface area contributed by atoms with Gasteiger partial charge in [-0.15, -0.1) is 0 Å². The van der Waals surface area contributed by atoms with Crippen LogP contribution in [0, 0.1) is 5.92 Å². The Hall–Kier alpha value is 0.310. The maximum atomic E-state index is 5.31. The highest BCUT2D eigenvalue weighted by Gasteiger charge is 2.33. The summed E-state index contributed by atoms with van der Waals surface area (Å²) in [6.45, 7) is 1.05. The molecule has 0 radical (unpaired) electrons. The minimum absolute atomic E-state index is 0.647. The van der Waals surface area contributed by atoms with Crippen LogP contribution in [0.4, 0.5) is 0 Å². The van der Waals surface area contributed by atoms with E-state index in [1.54, 1.807) is 0 Å². The van der Waals surface area contributed by atoms with Crippen molar-refractivity contribution in [3.05, 3.63) is 0 Å². The lowest BCUT2D eigenvalue weighted by Crippen LogP contribution is -2.44. The fraction of sp³-hybridized carbons (Fsp3) is 1.00. The standard InChI is InChI=1S/C6H10OS/c1-2-8-4-6-5(1)3-7-6/h5-6H,1-4H2. The zero-order valence-electron chi connectivity index (χ0n) is 4.80. The molecule has 2 unspecified atom stereocenters. The predicted molar refractivity (Wildman–Crippen MR) is 35.2 cm³/mol. The Bertz CT molecular complexity index is 82.5. The van der Waals surface area contributed by atoms with Crippen molar-refractivity contribution in [3.8, 4) is 0 Å². The fourth-order valence-electron chi connectivity index (χ4n) is 1.26. The van der Waals surface area contributed by atoms with Crippen molar-refractivity contribution in [2.75, 3.05) is 18.1 Å². The van der Waals surface area contributed by atoms with E-state index in [-0.39, 0.29) is 0 Å². The van der Waals surface area contributed by atoms with Gasteiger partial charge in [0.25, 0.3) is 0 Å². The minimum Gasteiger partial charge on any atom is -0.377 e. The summed E-state index contributed by atoms with van der Waals surface area (Å²) in [6, 6.07) is 0. The molecule has 2 heteroatoms. The molecule has 0 amide bonds. The lowest BCUT2D eigenvalue weighted by molar-refractivity contribution is -0.103. The van der Waals surface area contributed by atoms with Gasteiger partial charge in [-0.25, -0.2) is 0 Å². The second-order valence-corrected chi connectivity index (χ2v) is 3.65. The van der Waals surface area contributed by atoms with Gasteiger partial charge in [0.15, 0.2) is 0 Å². The average molecular weight is 130 g/mol. The van der Waals surface area contributed by atoms with Gasteiger partial charge in [-0.05, 0) is 12.2 Å². The summed E-state index contributed by atoms with van der Waals surface area (Å²) in [7, 11) is 0. The first kappa shape index (κ1) is 5.12. The predicted octanol–water partition coefficient (Wildman–Crippen LogP) is 1.14. The van der Waals surface area contributed by atoms with Crippen LogP contribution >= 0.6 is 11.8 Å². The molecular weight excluding hydrogens is 120 g/mol. The molecule has 2 heterocycles. The van der Waals surface area contributed by atoms with E-state index < -0.39 is 0 Å². The van der Waals surface area contributed by atoms with Gasteiger partial charge in [-0.2, -0.15) is 11.8 Å². The van der Waals surface area contributed by atoms with Crippen molar-refractivity contribution in [2.45, 2.75) is 12.5 Å². The van der Waals surface area contributed by atoms with E-state index >= 15 is 0 Å². The van der Waals surface area contributed by atoms with Crippen LogP contribution in [-0.2, 0) is 4.74 Å². The average Bonchev–Trinajstić information content (AvgIpc) is 1.72. The largest absolute Gasteiger partial charge is 0.377 e. The van der Waals surface area contributed by atoms with Crippen molar-refractivity contribution in [1.82, 2.24) is 0 Å². The highest BCUT2D eigenvalue weighted by molar-refractivity contribution is 7.99. The van der Waals surface area contributed by atoms with Gasteiger partial charge in [0.2, 0.25) is 0 Å². The molecule has 0 bridgehead atoms. The summed E-state index contributed by atoms with van der Waals surface area (Å²) in [5.41, 5.74) is 0. The molecule has 2 rings (SSSR count). The van der Waals surface area contributed by atoms with Gasteiger partial charge >= 0.3 is 0 Å². The molecule has 0 aromatic carbocycles. The maximum Gasteiger partial charge on any atom is 0.0715 e. The van der Waals surface area contributed by atoms with Crippen LogP contribution < -0.4 is 0 Å². The molecule has 0 aromatic heterocycles. The smallest absolute Gasteiger partial charge is 0.0715 e. The van der Waals surface area contributed by atoms with Crippen molar-refractivity contribution in [3.63, 3.8) is 0 Å². The second-order valence-electron chi connectivity index (χ2n) is 2.50. The molecule has 2 aliphatic heterocycles. The van der Waals surface area contributed by atoms with Gasteiger partial charge < -0.3 is 4.74 Å². The van der Waals surface area contributed by atoms with E-state index in [0.29, 0.717) is 6.10 Å². The Labute approximate surface area is 53.8 Å². The van der Waals surface area contributed by atoms with Gasteiger partial charge in [-0.3, -0.25) is 0 Å². The minimum atomic E-state index is 0.647.